The van der Waals surface area contributed by atoms with Crippen LogP contribution in [0, 0.1) is 0 Å². The maximum absolute atomic E-state index is 14.0. The number of nitrogens with zero attached hydrogens (tertiary/aromatic N) is 2. The standard InChI is InChI=1S/C13H12F8N2O/c14-4-1-3(2-5(15)7(4)16)23-10-6(11(24)9(18)8(10)17)12(22-23)13(19,20)21/h3-5,7-9,11,24H,1-2H2/t3-,4+,5-,7+,8-,9+,11-/m0/s1. The van der Waals surface area contributed by atoms with E-state index in [1.54, 1.807) is 0 Å². The van der Waals surface area contributed by atoms with Crippen LogP contribution in [-0.2, 0) is 6.18 Å². The van der Waals surface area contributed by atoms with Crippen LogP contribution in [0.1, 0.15) is 48.1 Å². The largest absolute Gasteiger partial charge is 0.435 e. The van der Waals surface area contributed by atoms with Gasteiger partial charge in [0.1, 0.15) is 18.4 Å². The maximum Gasteiger partial charge on any atom is 0.435 e. The predicted octanol–water partition coefficient (Wildman–Crippen LogP) is 3.65. The van der Waals surface area contributed by atoms with Gasteiger partial charge in [-0.05, 0) is 0 Å². The van der Waals surface area contributed by atoms with E-state index in [2.05, 4.69) is 5.10 Å². The van der Waals surface area contributed by atoms with Crippen molar-refractivity contribution in [1.82, 2.24) is 9.78 Å². The smallest absolute Gasteiger partial charge is 0.385 e. The van der Waals surface area contributed by atoms with Crippen LogP contribution in [0.4, 0.5) is 35.1 Å². The molecule has 1 aromatic heterocycles. The summed E-state index contributed by atoms with van der Waals surface area (Å²) in [6.07, 6.45) is -21.3. The molecule has 136 valence electrons. The van der Waals surface area contributed by atoms with Crippen molar-refractivity contribution in [3.05, 3.63) is 17.0 Å². The van der Waals surface area contributed by atoms with Gasteiger partial charge in [-0.25, -0.2) is 22.0 Å². The minimum absolute atomic E-state index is 0.358. The van der Waals surface area contributed by atoms with Gasteiger partial charge in [-0.1, -0.05) is 0 Å². The van der Waals surface area contributed by atoms with E-state index in [1.165, 1.54) is 0 Å². The van der Waals surface area contributed by atoms with Gasteiger partial charge in [0.15, 0.2) is 24.2 Å². The number of aromatic nitrogens is 2. The molecule has 1 heterocycles. The fraction of sp³-hybridized carbons (Fsp3) is 0.769. The number of aliphatic hydroxyl groups is 1. The van der Waals surface area contributed by atoms with Crippen LogP contribution in [0.15, 0.2) is 0 Å². The van der Waals surface area contributed by atoms with E-state index in [4.69, 9.17) is 0 Å². The van der Waals surface area contributed by atoms with E-state index >= 15 is 0 Å². The van der Waals surface area contributed by atoms with E-state index in [0.29, 0.717) is 4.68 Å². The Kier molecular flexibility index (Phi) is 4.04. The van der Waals surface area contributed by atoms with Gasteiger partial charge in [0.05, 0.1) is 11.7 Å². The third-order valence-corrected chi connectivity index (χ3v) is 4.42. The molecule has 2 aliphatic carbocycles. The highest BCUT2D eigenvalue weighted by molar-refractivity contribution is 5.39. The Labute approximate surface area is 130 Å². The molecule has 1 saturated carbocycles. The molecule has 0 unspecified atom stereocenters. The average Bonchev–Trinajstić information content (AvgIpc) is 2.98. The van der Waals surface area contributed by atoms with Crippen LogP contribution in [-0.4, -0.2) is 39.6 Å². The first-order valence-electron chi connectivity index (χ1n) is 7.12. The molecule has 0 spiro atoms. The summed E-state index contributed by atoms with van der Waals surface area (Å²) < 4.78 is 107. The number of fused-ring (bicyclic) bond motifs is 1. The minimum Gasteiger partial charge on any atom is -0.385 e. The van der Waals surface area contributed by atoms with Crippen molar-refractivity contribution in [2.24, 2.45) is 0 Å². The number of rotatable bonds is 1. The van der Waals surface area contributed by atoms with Crippen LogP contribution < -0.4 is 0 Å². The second kappa shape index (κ2) is 5.57. The molecule has 3 nitrogen and oxygen atoms in total. The highest BCUT2D eigenvalue weighted by Gasteiger charge is 2.53. The number of aliphatic hydroxyl groups excluding tert-OH is 1. The van der Waals surface area contributed by atoms with E-state index in [1.807, 2.05) is 0 Å². The fourth-order valence-electron chi connectivity index (χ4n) is 3.29. The summed E-state index contributed by atoms with van der Waals surface area (Å²) in [5.41, 5.74) is -3.68. The molecule has 11 heteroatoms. The molecule has 24 heavy (non-hydrogen) atoms. The van der Waals surface area contributed by atoms with Crippen molar-refractivity contribution < 1.29 is 40.2 Å². The van der Waals surface area contributed by atoms with Crippen LogP contribution in [0.3, 0.4) is 0 Å². The lowest BCUT2D eigenvalue weighted by Gasteiger charge is -2.31. The van der Waals surface area contributed by atoms with Crippen molar-refractivity contribution in [3.63, 3.8) is 0 Å². The van der Waals surface area contributed by atoms with E-state index in [-0.39, 0.29) is 0 Å². The molecule has 3 rings (SSSR count). The third kappa shape index (κ3) is 2.47. The van der Waals surface area contributed by atoms with Gasteiger partial charge in [-0.3, -0.25) is 4.68 Å². The summed E-state index contributed by atoms with van der Waals surface area (Å²) in [5, 5.41) is 12.7. The lowest BCUT2D eigenvalue weighted by atomic mass is 9.90. The summed E-state index contributed by atoms with van der Waals surface area (Å²) >= 11 is 0. The molecule has 0 radical (unpaired) electrons. The van der Waals surface area contributed by atoms with Gasteiger partial charge in [-0.15, -0.1) is 0 Å². The first-order chi connectivity index (χ1) is 11.0. The number of halogens is 8. The summed E-state index contributed by atoms with van der Waals surface area (Å²) in [5.74, 6) is 0. The van der Waals surface area contributed by atoms with Gasteiger partial charge in [0, 0.05) is 18.4 Å². The van der Waals surface area contributed by atoms with Crippen molar-refractivity contribution in [1.29, 1.82) is 0 Å². The zero-order chi connectivity index (χ0) is 18.0. The summed E-state index contributed by atoms with van der Waals surface area (Å²) in [4.78, 5) is 0. The number of alkyl halides is 8. The van der Waals surface area contributed by atoms with Crippen LogP contribution in [0.25, 0.3) is 0 Å². The fourth-order valence-corrected chi connectivity index (χ4v) is 3.29. The second-order valence-corrected chi connectivity index (χ2v) is 5.98. The van der Waals surface area contributed by atoms with Crippen LogP contribution >= 0.6 is 0 Å². The van der Waals surface area contributed by atoms with Gasteiger partial charge < -0.3 is 5.11 Å². The second-order valence-electron chi connectivity index (χ2n) is 5.98. The van der Waals surface area contributed by atoms with E-state index < -0.39 is 79.0 Å². The van der Waals surface area contributed by atoms with Crippen molar-refractivity contribution in [2.75, 3.05) is 0 Å². The Hall–Kier alpha value is -1.39. The molecule has 1 fully saturated rings. The molecule has 0 saturated heterocycles. The Morgan fingerprint density at radius 3 is 2.00 bits per heavy atom. The first kappa shape index (κ1) is 17.4. The van der Waals surface area contributed by atoms with E-state index in [0.717, 1.165) is 0 Å². The van der Waals surface area contributed by atoms with Crippen molar-refractivity contribution in [3.8, 4) is 0 Å². The molecule has 0 amide bonds. The van der Waals surface area contributed by atoms with Gasteiger partial charge in [-0.2, -0.15) is 18.3 Å². The lowest BCUT2D eigenvalue weighted by Crippen LogP contribution is -2.38. The Morgan fingerprint density at radius 2 is 1.50 bits per heavy atom. The minimum atomic E-state index is -5.12. The molecule has 1 aromatic rings. The molecular formula is C13H12F8N2O. The molecule has 0 aliphatic heterocycles. The molecular weight excluding hydrogens is 352 g/mol. The highest BCUT2D eigenvalue weighted by atomic mass is 19.4. The topological polar surface area (TPSA) is 38.1 Å². The quantitative estimate of drug-likeness (QED) is 0.773. The molecule has 2 aliphatic rings. The Balaban J connectivity index is 2.09. The SMILES string of the molecule is O[C@H]1c2c(C(F)(F)F)nn([C@H]3C[C@@H](F)[C@@H](F)[C@@H](F)C3)c2[C@@H](F)[C@H]1F. The zero-order valence-electron chi connectivity index (χ0n) is 11.8. The summed E-state index contributed by atoms with van der Waals surface area (Å²) in [7, 11) is 0. The Morgan fingerprint density at radius 1 is 0.958 bits per heavy atom. The van der Waals surface area contributed by atoms with Gasteiger partial charge in [0.2, 0.25) is 0 Å². The maximum atomic E-state index is 14.0. The highest BCUT2D eigenvalue weighted by Crippen LogP contribution is 2.50. The monoisotopic (exact) mass is 364 g/mol. The van der Waals surface area contributed by atoms with Gasteiger partial charge >= 0.3 is 6.18 Å². The van der Waals surface area contributed by atoms with Crippen LogP contribution in [0.2, 0.25) is 0 Å². The summed E-state index contributed by atoms with van der Waals surface area (Å²) in [6, 6.07) is -1.41. The molecule has 1 N–H and O–H groups in total. The van der Waals surface area contributed by atoms with Crippen molar-refractivity contribution >= 4 is 0 Å². The molecule has 7 atom stereocenters. The third-order valence-electron chi connectivity index (χ3n) is 4.42. The predicted molar refractivity (Wildman–Crippen MR) is 63.9 cm³/mol. The first-order valence-corrected chi connectivity index (χ1v) is 7.12. The molecule has 0 aromatic carbocycles. The summed E-state index contributed by atoms with van der Waals surface area (Å²) in [6.45, 7) is 0. The molecule has 0 bridgehead atoms. The van der Waals surface area contributed by atoms with Crippen LogP contribution in [0.5, 0.6) is 0 Å². The van der Waals surface area contributed by atoms with E-state index in [9.17, 15) is 40.2 Å². The Bertz CT molecular complexity index is 620. The number of hydrogen-bond donors (Lipinski definition) is 1. The lowest BCUT2D eigenvalue weighted by molar-refractivity contribution is -0.143. The average molecular weight is 364 g/mol. The zero-order valence-corrected chi connectivity index (χ0v) is 11.8. The number of hydrogen-bond acceptors (Lipinski definition) is 2. The van der Waals surface area contributed by atoms with Gasteiger partial charge in [0.25, 0.3) is 0 Å². The normalized spacial score (nSPS) is 40.0. The van der Waals surface area contributed by atoms with Crippen molar-refractivity contribution in [2.45, 2.75) is 62.0 Å².